The van der Waals surface area contributed by atoms with Crippen LogP contribution in [0.1, 0.15) is 31.2 Å². The summed E-state index contributed by atoms with van der Waals surface area (Å²) in [6.07, 6.45) is 3.80. The van der Waals surface area contributed by atoms with Gasteiger partial charge in [0.15, 0.2) is 0 Å². The molecule has 23 heavy (non-hydrogen) atoms. The van der Waals surface area contributed by atoms with E-state index in [2.05, 4.69) is 11.1 Å². The van der Waals surface area contributed by atoms with Crippen LogP contribution >= 0.6 is 0 Å². The zero-order valence-electron chi connectivity index (χ0n) is 13.3. The number of ether oxygens (including phenoxy) is 2. The normalized spacial score (nSPS) is 20.5. The Kier molecular flexibility index (Phi) is 4.16. The molecule has 1 atom stereocenters. The predicted octanol–water partition coefficient (Wildman–Crippen LogP) is 3.15. The summed E-state index contributed by atoms with van der Waals surface area (Å²) in [6, 6.07) is 7.48. The lowest BCUT2D eigenvalue weighted by atomic mass is 9.75. The number of nitriles is 1. The Balaban J connectivity index is 2.22. The van der Waals surface area contributed by atoms with E-state index in [4.69, 9.17) is 9.47 Å². The number of carbonyl (C=O) groups is 1. The highest BCUT2D eigenvalue weighted by Crippen LogP contribution is 2.43. The van der Waals surface area contributed by atoms with Crippen LogP contribution in [0, 0.1) is 17.2 Å². The molecule has 0 saturated heterocycles. The maximum absolute atomic E-state index is 12.3. The zero-order chi connectivity index (χ0) is 16.4. The number of fused-ring (bicyclic) bond motifs is 1. The molecule has 1 fully saturated rings. The van der Waals surface area contributed by atoms with Crippen LogP contribution in [0.5, 0.6) is 11.5 Å². The molecule has 1 saturated carbocycles. The SMILES string of the molecule is COc1ccc(OC)c(C2=C(C#N)C(=O)N=C3CCCCC32)c1. The number of methoxy groups -OCH3 is 2. The fraction of sp³-hybridized carbons (Fsp3) is 0.389. The molecule has 118 valence electrons. The molecule has 1 aliphatic heterocycles. The van der Waals surface area contributed by atoms with Crippen LogP contribution in [-0.2, 0) is 4.79 Å². The van der Waals surface area contributed by atoms with Gasteiger partial charge in [0.2, 0.25) is 0 Å². The number of hydrogen-bond acceptors (Lipinski definition) is 4. The quantitative estimate of drug-likeness (QED) is 0.859. The molecule has 1 aromatic rings. The van der Waals surface area contributed by atoms with Crippen molar-refractivity contribution in [2.45, 2.75) is 25.7 Å². The van der Waals surface area contributed by atoms with E-state index in [0.717, 1.165) is 42.5 Å². The third-order valence-corrected chi connectivity index (χ3v) is 4.46. The molecular weight excluding hydrogens is 292 g/mol. The maximum Gasteiger partial charge on any atom is 0.287 e. The third-order valence-electron chi connectivity index (χ3n) is 4.46. The van der Waals surface area contributed by atoms with E-state index < -0.39 is 5.91 Å². The number of aliphatic imine (C=N–C) groups is 1. The van der Waals surface area contributed by atoms with E-state index in [9.17, 15) is 10.1 Å². The first-order valence-corrected chi connectivity index (χ1v) is 7.68. The van der Waals surface area contributed by atoms with Crippen LogP contribution in [-0.4, -0.2) is 25.8 Å². The van der Waals surface area contributed by atoms with Crippen molar-refractivity contribution < 1.29 is 14.3 Å². The monoisotopic (exact) mass is 310 g/mol. The standard InChI is InChI=1S/C18H18N2O3/c1-22-11-7-8-16(23-2)13(9-11)17-12-5-3-4-6-15(12)20-18(21)14(17)10-19/h7-9,12H,3-6H2,1-2H3. The molecule has 0 N–H and O–H groups in total. The minimum Gasteiger partial charge on any atom is -0.497 e. The molecule has 0 radical (unpaired) electrons. The average molecular weight is 310 g/mol. The first-order valence-electron chi connectivity index (χ1n) is 7.68. The summed E-state index contributed by atoms with van der Waals surface area (Å²) in [6.45, 7) is 0. The van der Waals surface area contributed by atoms with Crippen LogP contribution in [0.4, 0.5) is 0 Å². The number of hydrogen-bond donors (Lipinski definition) is 0. The Morgan fingerprint density at radius 1 is 1.26 bits per heavy atom. The second kappa shape index (κ2) is 6.25. The van der Waals surface area contributed by atoms with Crippen molar-refractivity contribution in [1.82, 2.24) is 0 Å². The molecule has 5 nitrogen and oxygen atoms in total. The topological polar surface area (TPSA) is 71.7 Å². The van der Waals surface area contributed by atoms with E-state index >= 15 is 0 Å². The number of allylic oxidation sites excluding steroid dienone is 1. The fourth-order valence-corrected chi connectivity index (χ4v) is 3.37. The Hall–Kier alpha value is -2.61. The van der Waals surface area contributed by atoms with Gasteiger partial charge in [0.05, 0.1) is 14.2 Å². The van der Waals surface area contributed by atoms with Gasteiger partial charge in [-0.05, 0) is 43.0 Å². The van der Waals surface area contributed by atoms with Crippen molar-refractivity contribution in [3.63, 3.8) is 0 Å². The Morgan fingerprint density at radius 2 is 2.09 bits per heavy atom. The highest BCUT2D eigenvalue weighted by molar-refractivity contribution is 6.18. The van der Waals surface area contributed by atoms with Crippen molar-refractivity contribution in [3.8, 4) is 17.6 Å². The van der Waals surface area contributed by atoms with E-state index in [1.165, 1.54) is 0 Å². The summed E-state index contributed by atoms with van der Waals surface area (Å²) >= 11 is 0. The molecule has 0 bridgehead atoms. The smallest absolute Gasteiger partial charge is 0.287 e. The molecule has 1 heterocycles. The number of benzene rings is 1. The molecule has 1 unspecified atom stereocenters. The number of nitrogens with zero attached hydrogens (tertiary/aromatic N) is 2. The van der Waals surface area contributed by atoms with Gasteiger partial charge >= 0.3 is 0 Å². The molecule has 1 aromatic carbocycles. The van der Waals surface area contributed by atoms with E-state index in [-0.39, 0.29) is 11.5 Å². The first kappa shape index (κ1) is 15.3. The third kappa shape index (κ3) is 2.61. The lowest BCUT2D eigenvalue weighted by Crippen LogP contribution is -2.28. The van der Waals surface area contributed by atoms with Gasteiger partial charge in [-0.2, -0.15) is 5.26 Å². The number of carbonyl (C=O) groups excluding carboxylic acids is 1. The minimum absolute atomic E-state index is 0.0112. The molecule has 0 spiro atoms. The summed E-state index contributed by atoms with van der Waals surface area (Å²) in [7, 11) is 3.17. The highest BCUT2D eigenvalue weighted by atomic mass is 16.5. The van der Waals surface area contributed by atoms with Crippen LogP contribution in [0.2, 0.25) is 0 Å². The van der Waals surface area contributed by atoms with E-state index in [1.54, 1.807) is 26.4 Å². The molecule has 0 aromatic heterocycles. The molecular formula is C18H18N2O3. The average Bonchev–Trinajstić information content (AvgIpc) is 2.59. The molecule has 3 rings (SSSR count). The van der Waals surface area contributed by atoms with Crippen molar-refractivity contribution >= 4 is 17.2 Å². The van der Waals surface area contributed by atoms with Gasteiger partial charge in [-0.1, -0.05) is 6.42 Å². The van der Waals surface area contributed by atoms with Gasteiger partial charge in [-0.25, -0.2) is 4.99 Å². The zero-order valence-corrected chi connectivity index (χ0v) is 13.3. The first-order chi connectivity index (χ1) is 11.2. The fourth-order valence-electron chi connectivity index (χ4n) is 3.37. The summed E-state index contributed by atoms with van der Waals surface area (Å²) in [5.41, 5.74) is 2.49. The van der Waals surface area contributed by atoms with Crippen LogP contribution in [0.25, 0.3) is 5.57 Å². The Labute approximate surface area is 135 Å². The van der Waals surface area contributed by atoms with Gasteiger partial charge in [-0.15, -0.1) is 0 Å². The second-order valence-electron chi connectivity index (χ2n) is 5.67. The summed E-state index contributed by atoms with van der Waals surface area (Å²) < 4.78 is 10.8. The predicted molar refractivity (Wildman–Crippen MR) is 86.5 cm³/mol. The van der Waals surface area contributed by atoms with Gasteiger partial charge in [-0.3, -0.25) is 4.79 Å². The summed E-state index contributed by atoms with van der Waals surface area (Å²) in [5.74, 6) is 0.865. The van der Waals surface area contributed by atoms with Crippen molar-refractivity contribution in [2.75, 3.05) is 14.2 Å². The van der Waals surface area contributed by atoms with Gasteiger partial charge in [0.1, 0.15) is 23.1 Å². The molecule has 1 amide bonds. The summed E-state index contributed by atoms with van der Waals surface area (Å²) in [4.78, 5) is 16.4. The minimum atomic E-state index is -0.444. The van der Waals surface area contributed by atoms with E-state index in [0.29, 0.717) is 11.5 Å². The molecule has 1 aliphatic carbocycles. The van der Waals surface area contributed by atoms with Gasteiger partial charge < -0.3 is 9.47 Å². The molecule has 5 heteroatoms. The highest BCUT2D eigenvalue weighted by Gasteiger charge is 2.35. The van der Waals surface area contributed by atoms with Crippen LogP contribution in [0.15, 0.2) is 28.8 Å². The Bertz CT molecular complexity index is 756. The maximum atomic E-state index is 12.3. The largest absolute Gasteiger partial charge is 0.497 e. The lowest BCUT2D eigenvalue weighted by Gasteiger charge is -2.30. The van der Waals surface area contributed by atoms with E-state index in [1.807, 2.05) is 6.07 Å². The van der Waals surface area contributed by atoms with Crippen LogP contribution in [0.3, 0.4) is 0 Å². The van der Waals surface area contributed by atoms with Gasteiger partial charge in [0.25, 0.3) is 5.91 Å². The van der Waals surface area contributed by atoms with Crippen molar-refractivity contribution in [2.24, 2.45) is 10.9 Å². The van der Waals surface area contributed by atoms with Crippen molar-refractivity contribution in [1.29, 1.82) is 5.26 Å². The lowest BCUT2D eigenvalue weighted by molar-refractivity contribution is -0.114. The summed E-state index contributed by atoms with van der Waals surface area (Å²) in [5, 5.41) is 9.50. The van der Waals surface area contributed by atoms with Gasteiger partial charge in [0, 0.05) is 17.2 Å². The van der Waals surface area contributed by atoms with Crippen molar-refractivity contribution in [3.05, 3.63) is 29.3 Å². The van der Waals surface area contributed by atoms with Crippen LogP contribution < -0.4 is 9.47 Å². The number of dihydropyridines is 1. The number of amides is 1. The second-order valence-corrected chi connectivity index (χ2v) is 5.67. The Morgan fingerprint density at radius 3 is 2.78 bits per heavy atom. The molecule has 2 aliphatic rings. The number of rotatable bonds is 3.